The summed E-state index contributed by atoms with van der Waals surface area (Å²) >= 11 is 0. The smallest absolute Gasteiger partial charge is 0.335 e. The molecular formula is C17H15N3O3. The molecule has 2 rings (SSSR count). The van der Waals surface area contributed by atoms with Crippen molar-refractivity contribution >= 4 is 23.3 Å². The Hall–Kier alpha value is -3.33. The number of aryl methyl sites for hydroxylation is 1. The number of carboxylic acids is 1. The van der Waals surface area contributed by atoms with Crippen LogP contribution in [0.5, 0.6) is 0 Å². The van der Waals surface area contributed by atoms with Gasteiger partial charge in [0.05, 0.1) is 23.4 Å². The lowest BCUT2D eigenvalue weighted by molar-refractivity contribution is -0.114. The number of carbonyl (C=O) groups is 2. The third-order valence-corrected chi connectivity index (χ3v) is 3.25. The lowest BCUT2D eigenvalue weighted by Gasteiger charge is -2.11. The van der Waals surface area contributed by atoms with Crippen LogP contribution in [0, 0.1) is 18.3 Å². The fourth-order valence-corrected chi connectivity index (χ4v) is 2.01. The SMILES string of the molecule is Cc1ccc(C(=O)O)cc1NCC(=O)Nc1ccccc1C#N. The summed E-state index contributed by atoms with van der Waals surface area (Å²) in [5.74, 6) is -1.35. The van der Waals surface area contributed by atoms with Gasteiger partial charge in [0, 0.05) is 5.69 Å². The van der Waals surface area contributed by atoms with Crippen LogP contribution in [0.3, 0.4) is 0 Å². The van der Waals surface area contributed by atoms with E-state index in [1.165, 1.54) is 12.1 Å². The van der Waals surface area contributed by atoms with E-state index in [2.05, 4.69) is 10.6 Å². The molecule has 0 atom stereocenters. The Morgan fingerprint density at radius 1 is 1.17 bits per heavy atom. The number of para-hydroxylation sites is 1. The number of aromatic carboxylic acids is 1. The van der Waals surface area contributed by atoms with E-state index in [-0.39, 0.29) is 18.0 Å². The fourth-order valence-electron chi connectivity index (χ4n) is 2.01. The monoisotopic (exact) mass is 309 g/mol. The number of amides is 1. The Morgan fingerprint density at radius 2 is 1.91 bits per heavy atom. The Bertz CT molecular complexity index is 794. The molecule has 0 heterocycles. The van der Waals surface area contributed by atoms with E-state index in [9.17, 15) is 9.59 Å². The van der Waals surface area contributed by atoms with E-state index in [0.29, 0.717) is 16.9 Å². The van der Waals surface area contributed by atoms with E-state index in [1.807, 2.05) is 13.0 Å². The highest BCUT2D eigenvalue weighted by Crippen LogP contribution is 2.17. The van der Waals surface area contributed by atoms with Crippen molar-refractivity contribution < 1.29 is 14.7 Å². The zero-order valence-electron chi connectivity index (χ0n) is 12.5. The van der Waals surface area contributed by atoms with Gasteiger partial charge in [0.25, 0.3) is 0 Å². The molecule has 116 valence electrons. The van der Waals surface area contributed by atoms with Crippen molar-refractivity contribution in [1.82, 2.24) is 0 Å². The van der Waals surface area contributed by atoms with Crippen molar-refractivity contribution in [3.63, 3.8) is 0 Å². The molecule has 0 unspecified atom stereocenters. The van der Waals surface area contributed by atoms with Crippen molar-refractivity contribution in [3.05, 3.63) is 59.2 Å². The molecule has 0 aliphatic rings. The summed E-state index contributed by atoms with van der Waals surface area (Å²) in [5.41, 5.74) is 2.38. The molecule has 0 saturated heterocycles. The van der Waals surface area contributed by atoms with Crippen LogP contribution in [-0.4, -0.2) is 23.5 Å². The molecule has 3 N–H and O–H groups in total. The van der Waals surface area contributed by atoms with Crippen LogP contribution in [0.1, 0.15) is 21.5 Å². The number of nitrogens with one attached hydrogen (secondary N) is 2. The average molecular weight is 309 g/mol. The van der Waals surface area contributed by atoms with Crippen LogP contribution in [-0.2, 0) is 4.79 Å². The Labute approximate surface area is 133 Å². The number of nitriles is 1. The first-order valence-corrected chi connectivity index (χ1v) is 6.88. The number of carbonyl (C=O) groups excluding carboxylic acids is 1. The number of carboxylic acid groups (broad SMARTS) is 1. The Balaban J connectivity index is 2.04. The number of benzene rings is 2. The first-order chi connectivity index (χ1) is 11.0. The second-order valence-corrected chi connectivity index (χ2v) is 4.89. The molecule has 0 saturated carbocycles. The molecule has 0 bridgehead atoms. The van der Waals surface area contributed by atoms with Crippen LogP contribution in [0.15, 0.2) is 42.5 Å². The van der Waals surface area contributed by atoms with Crippen molar-refractivity contribution in [3.8, 4) is 6.07 Å². The maximum Gasteiger partial charge on any atom is 0.335 e. The van der Waals surface area contributed by atoms with E-state index >= 15 is 0 Å². The molecule has 0 radical (unpaired) electrons. The molecule has 6 heteroatoms. The second-order valence-electron chi connectivity index (χ2n) is 4.89. The summed E-state index contributed by atoms with van der Waals surface area (Å²) in [6.45, 7) is 1.78. The number of nitrogens with zero attached hydrogens (tertiary/aromatic N) is 1. The first-order valence-electron chi connectivity index (χ1n) is 6.88. The molecule has 0 spiro atoms. The van der Waals surface area contributed by atoms with Gasteiger partial charge >= 0.3 is 5.97 Å². The fraction of sp³-hybridized carbons (Fsp3) is 0.118. The van der Waals surface area contributed by atoms with Crippen LogP contribution in [0.25, 0.3) is 0 Å². The summed E-state index contributed by atoms with van der Waals surface area (Å²) < 4.78 is 0. The molecule has 0 aliphatic carbocycles. The van der Waals surface area contributed by atoms with Crippen molar-refractivity contribution in [1.29, 1.82) is 5.26 Å². The minimum Gasteiger partial charge on any atom is -0.478 e. The van der Waals surface area contributed by atoms with Gasteiger partial charge in [-0.3, -0.25) is 4.79 Å². The summed E-state index contributed by atoms with van der Waals surface area (Å²) in [6, 6.07) is 13.4. The highest BCUT2D eigenvalue weighted by Gasteiger charge is 2.09. The minimum absolute atomic E-state index is 0.0380. The zero-order valence-corrected chi connectivity index (χ0v) is 12.5. The predicted octanol–water partition coefficient (Wildman–Crippen LogP) is 2.62. The normalized spacial score (nSPS) is 9.74. The molecule has 0 aliphatic heterocycles. The van der Waals surface area contributed by atoms with E-state index < -0.39 is 5.97 Å². The molecule has 6 nitrogen and oxygen atoms in total. The largest absolute Gasteiger partial charge is 0.478 e. The molecule has 0 fully saturated rings. The maximum absolute atomic E-state index is 12.0. The lowest BCUT2D eigenvalue weighted by Crippen LogP contribution is -2.22. The van der Waals surface area contributed by atoms with Gasteiger partial charge < -0.3 is 15.7 Å². The summed E-state index contributed by atoms with van der Waals surface area (Å²) in [4.78, 5) is 23.0. The molecule has 23 heavy (non-hydrogen) atoms. The third-order valence-electron chi connectivity index (χ3n) is 3.25. The van der Waals surface area contributed by atoms with Crippen molar-refractivity contribution in [2.24, 2.45) is 0 Å². The molecule has 2 aromatic carbocycles. The summed E-state index contributed by atoms with van der Waals surface area (Å²) in [7, 11) is 0. The molecular weight excluding hydrogens is 294 g/mol. The number of rotatable bonds is 5. The van der Waals surface area contributed by atoms with Crippen molar-refractivity contribution in [2.45, 2.75) is 6.92 Å². The Morgan fingerprint density at radius 3 is 2.61 bits per heavy atom. The van der Waals surface area contributed by atoms with Gasteiger partial charge in [-0.05, 0) is 36.8 Å². The second kappa shape index (κ2) is 7.09. The van der Waals surface area contributed by atoms with Crippen LogP contribution in [0.4, 0.5) is 11.4 Å². The van der Waals surface area contributed by atoms with Gasteiger partial charge in [-0.2, -0.15) is 5.26 Å². The van der Waals surface area contributed by atoms with Gasteiger partial charge in [-0.25, -0.2) is 4.79 Å². The highest BCUT2D eigenvalue weighted by molar-refractivity contribution is 5.95. The van der Waals surface area contributed by atoms with Gasteiger partial charge in [0.1, 0.15) is 6.07 Å². The Kier molecular flexibility index (Phi) is 4.95. The number of hydrogen-bond donors (Lipinski definition) is 3. The standard InChI is InChI=1S/C17H15N3O3/c1-11-6-7-12(17(22)23)8-15(11)19-10-16(21)20-14-5-3-2-4-13(14)9-18/h2-8,19H,10H2,1H3,(H,20,21)(H,22,23). The van der Waals surface area contributed by atoms with Crippen LogP contribution >= 0.6 is 0 Å². The number of anilines is 2. The summed E-state index contributed by atoms with van der Waals surface area (Å²) in [5, 5.41) is 23.5. The third kappa shape index (κ3) is 4.08. The van der Waals surface area contributed by atoms with Gasteiger partial charge in [-0.15, -0.1) is 0 Å². The van der Waals surface area contributed by atoms with E-state index in [1.54, 1.807) is 30.3 Å². The quantitative estimate of drug-likeness (QED) is 0.788. The highest BCUT2D eigenvalue weighted by atomic mass is 16.4. The molecule has 1 amide bonds. The maximum atomic E-state index is 12.0. The number of hydrogen-bond acceptors (Lipinski definition) is 4. The topological polar surface area (TPSA) is 102 Å². The van der Waals surface area contributed by atoms with Gasteiger partial charge in [0.15, 0.2) is 0 Å². The van der Waals surface area contributed by atoms with Crippen LogP contribution < -0.4 is 10.6 Å². The van der Waals surface area contributed by atoms with E-state index in [4.69, 9.17) is 10.4 Å². The zero-order chi connectivity index (χ0) is 16.8. The first kappa shape index (κ1) is 16.0. The van der Waals surface area contributed by atoms with Gasteiger partial charge in [-0.1, -0.05) is 18.2 Å². The van der Waals surface area contributed by atoms with Crippen LogP contribution in [0.2, 0.25) is 0 Å². The molecule has 2 aromatic rings. The lowest BCUT2D eigenvalue weighted by atomic mass is 10.1. The predicted molar refractivity (Wildman–Crippen MR) is 86.4 cm³/mol. The van der Waals surface area contributed by atoms with Crippen molar-refractivity contribution in [2.75, 3.05) is 17.2 Å². The average Bonchev–Trinajstić information content (AvgIpc) is 2.54. The minimum atomic E-state index is -1.03. The van der Waals surface area contributed by atoms with Gasteiger partial charge in [0.2, 0.25) is 5.91 Å². The summed E-state index contributed by atoms with van der Waals surface area (Å²) in [6.07, 6.45) is 0. The van der Waals surface area contributed by atoms with E-state index in [0.717, 1.165) is 5.56 Å². The molecule has 0 aromatic heterocycles.